The fourth-order valence-electron chi connectivity index (χ4n) is 5.15. The minimum absolute atomic E-state index is 0. The van der Waals surface area contributed by atoms with Crippen LogP contribution < -0.4 is 5.32 Å². The lowest BCUT2D eigenvalue weighted by Crippen LogP contribution is -2.58. The summed E-state index contributed by atoms with van der Waals surface area (Å²) in [4.78, 5) is 29.7. The molecule has 2 amide bonds. The van der Waals surface area contributed by atoms with E-state index in [9.17, 15) is 9.59 Å². The summed E-state index contributed by atoms with van der Waals surface area (Å²) < 4.78 is 0. The lowest BCUT2D eigenvalue weighted by Gasteiger charge is -2.43. The number of benzene rings is 1. The zero-order valence-corrected chi connectivity index (χ0v) is 22.5. The second-order valence-electron chi connectivity index (χ2n) is 9.24. The highest BCUT2D eigenvalue weighted by atomic mass is 16.2. The Balaban J connectivity index is 0.00000353. The molecule has 0 spiro atoms. The Morgan fingerprint density at radius 1 is 1.00 bits per heavy atom. The number of aryl methyl sites for hydroxylation is 1. The van der Waals surface area contributed by atoms with Gasteiger partial charge in [0.05, 0.1) is 0 Å². The first-order chi connectivity index (χ1) is 16.0. The first kappa shape index (κ1) is 29.2. The number of nitrogens with zero attached hydrogens (tertiary/aromatic N) is 1. The van der Waals surface area contributed by atoms with Gasteiger partial charge in [-0.05, 0) is 50.2 Å². The molecular weight excluding hydrogens is 408 g/mol. The lowest BCUT2D eigenvalue weighted by atomic mass is 9.86. The van der Waals surface area contributed by atoms with Crippen LogP contribution in [0.25, 0.3) is 0 Å². The van der Waals surface area contributed by atoms with Crippen LogP contribution in [0, 0.1) is 12.8 Å². The normalized spacial score (nSPS) is 15.9. The number of nitrogens with one attached hydrogen (secondary N) is 1. The van der Waals surface area contributed by atoms with Crippen molar-refractivity contribution in [1.82, 2.24) is 10.2 Å². The molecule has 33 heavy (non-hydrogen) atoms. The van der Waals surface area contributed by atoms with Gasteiger partial charge in [0, 0.05) is 19.1 Å². The van der Waals surface area contributed by atoms with Crippen molar-refractivity contribution in [2.45, 2.75) is 131 Å². The van der Waals surface area contributed by atoms with Crippen LogP contribution in [0.2, 0.25) is 0 Å². The van der Waals surface area contributed by atoms with Crippen molar-refractivity contribution < 1.29 is 11.0 Å². The molecule has 2 atom stereocenters. The number of rotatable bonds is 11. The summed E-state index contributed by atoms with van der Waals surface area (Å²) in [6.45, 7) is 14.6. The molecule has 1 aliphatic carbocycles. The third kappa shape index (κ3) is 8.15. The van der Waals surface area contributed by atoms with Crippen molar-refractivity contribution in [3.05, 3.63) is 35.4 Å². The van der Waals surface area contributed by atoms with Gasteiger partial charge >= 0.3 is 0 Å². The van der Waals surface area contributed by atoms with Gasteiger partial charge < -0.3 is 10.2 Å². The molecule has 0 radical (unpaired) electrons. The molecule has 0 heterocycles. The van der Waals surface area contributed by atoms with Crippen LogP contribution in [0.1, 0.15) is 123 Å². The van der Waals surface area contributed by atoms with Crippen molar-refractivity contribution in [1.29, 1.82) is 0 Å². The number of hydrogen-bond acceptors (Lipinski definition) is 2. The summed E-state index contributed by atoms with van der Waals surface area (Å²) in [6.07, 6.45) is 10.2. The number of hydrogen-bond donors (Lipinski definition) is 1. The summed E-state index contributed by atoms with van der Waals surface area (Å²) in [5, 5.41) is 3.32. The van der Waals surface area contributed by atoms with Crippen molar-refractivity contribution in [3.63, 3.8) is 0 Å². The van der Waals surface area contributed by atoms with E-state index in [1.807, 2.05) is 49.9 Å². The SMILES string of the molecule is CC.CCCC(CC)NC(=O)C(C(CC)CC)N(C(=O)c1ccccc1C)C1CCCCC1.[HH]. The minimum Gasteiger partial charge on any atom is -0.352 e. The number of carbonyl (C=O) groups is 2. The van der Waals surface area contributed by atoms with Gasteiger partial charge in [-0.2, -0.15) is 0 Å². The first-order valence-corrected chi connectivity index (χ1v) is 13.7. The zero-order valence-electron chi connectivity index (χ0n) is 22.5. The first-order valence-electron chi connectivity index (χ1n) is 13.7. The fraction of sp³-hybridized carbons (Fsp3) is 0.724. The standard InChI is InChI=1S/C27H44N2O2.C2H6.H2/c1-6-15-22(9-4)28-26(30)25(21(7-2)8-3)29(23-17-11-10-12-18-23)27(31)24-19-14-13-16-20(24)5;1-2;/h13-14,16,19,21-23,25H,6-12,15,17-18H2,1-5H3,(H,28,30);1-2H3;1H. The van der Waals surface area contributed by atoms with Gasteiger partial charge in [0.1, 0.15) is 6.04 Å². The van der Waals surface area contributed by atoms with Crippen LogP contribution in [0.15, 0.2) is 24.3 Å². The van der Waals surface area contributed by atoms with E-state index in [1.165, 1.54) is 6.42 Å². The summed E-state index contributed by atoms with van der Waals surface area (Å²) in [5.74, 6) is 0.233. The Morgan fingerprint density at radius 2 is 1.61 bits per heavy atom. The number of carbonyl (C=O) groups excluding carboxylic acids is 2. The van der Waals surface area contributed by atoms with Gasteiger partial charge in [0.15, 0.2) is 0 Å². The molecule has 2 rings (SSSR count). The molecule has 1 aromatic carbocycles. The summed E-state index contributed by atoms with van der Waals surface area (Å²) >= 11 is 0. The van der Waals surface area contributed by atoms with Crippen LogP contribution in [-0.2, 0) is 4.79 Å². The van der Waals surface area contributed by atoms with Crippen molar-refractivity contribution in [3.8, 4) is 0 Å². The van der Waals surface area contributed by atoms with E-state index in [1.54, 1.807) is 0 Å². The van der Waals surface area contributed by atoms with Gasteiger partial charge in [-0.15, -0.1) is 0 Å². The molecule has 1 fully saturated rings. The average molecular weight is 461 g/mol. The summed E-state index contributed by atoms with van der Waals surface area (Å²) in [7, 11) is 0. The van der Waals surface area contributed by atoms with Gasteiger partial charge in [-0.1, -0.05) is 98.3 Å². The maximum absolute atomic E-state index is 14.0. The molecule has 0 aliphatic heterocycles. The molecule has 2 unspecified atom stereocenters. The second kappa shape index (κ2) is 15.9. The van der Waals surface area contributed by atoms with Crippen LogP contribution in [0.5, 0.6) is 0 Å². The van der Waals surface area contributed by atoms with Crippen molar-refractivity contribution in [2.24, 2.45) is 5.92 Å². The van der Waals surface area contributed by atoms with Gasteiger partial charge in [0.25, 0.3) is 5.91 Å². The van der Waals surface area contributed by atoms with Gasteiger partial charge in [-0.25, -0.2) is 0 Å². The Labute approximate surface area is 205 Å². The van der Waals surface area contributed by atoms with Crippen LogP contribution in [-0.4, -0.2) is 34.8 Å². The predicted octanol–water partition coefficient (Wildman–Crippen LogP) is 7.54. The number of amides is 2. The van der Waals surface area contributed by atoms with E-state index in [0.29, 0.717) is 0 Å². The zero-order chi connectivity index (χ0) is 24.8. The monoisotopic (exact) mass is 460 g/mol. The third-order valence-corrected chi connectivity index (χ3v) is 7.12. The third-order valence-electron chi connectivity index (χ3n) is 7.12. The smallest absolute Gasteiger partial charge is 0.255 e. The van der Waals surface area contributed by atoms with Crippen LogP contribution >= 0.6 is 0 Å². The van der Waals surface area contributed by atoms with Crippen LogP contribution in [0.4, 0.5) is 0 Å². The van der Waals surface area contributed by atoms with E-state index in [0.717, 1.165) is 68.9 Å². The predicted molar refractivity (Wildman–Crippen MR) is 143 cm³/mol. The second-order valence-corrected chi connectivity index (χ2v) is 9.24. The molecule has 1 aliphatic rings. The molecule has 0 bridgehead atoms. The van der Waals surface area contributed by atoms with E-state index in [4.69, 9.17) is 0 Å². The fourth-order valence-corrected chi connectivity index (χ4v) is 5.15. The van der Waals surface area contributed by atoms with Crippen LogP contribution in [0.3, 0.4) is 0 Å². The molecule has 1 aromatic rings. The highest BCUT2D eigenvalue weighted by molar-refractivity contribution is 5.99. The molecule has 190 valence electrons. The molecule has 4 heteroatoms. The van der Waals surface area contributed by atoms with E-state index < -0.39 is 6.04 Å². The Hall–Kier alpha value is -1.84. The highest BCUT2D eigenvalue weighted by Gasteiger charge is 2.40. The minimum atomic E-state index is -0.406. The topological polar surface area (TPSA) is 49.4 Å². The van der Waals surface area contributed by atoms with Crippen molar-refractivity contribution >= 4 is 11.8 Å². The molecule has 1 saturated carbocycles. The van der Waals surface area contributed by atoms with E-state index in [2.05, 4.69) is 33.0 Å². The largest absolute Gasteiger partial charge is 0.352 e. The quantitative estimate of drug-likeness (QED) is 0.371. The molecule has 0 aromatic heterocycles. The van der Waals surface area contributed by atoms with E-state index in [-0.39, 0.29) is 31.2 Å². The highest BCUT2D eigenvalue weighted by Crippen LogP contribution is 2.31. The Morgan fingerprint density at radius 3 is 2.12 bits per heavy atom. The average Bonchev–Trinajstić information content (AvgIpc) is 2.85. The van der Waals surface area contributed by atoms with E-state index >= 15 is 0 Å². The van der Waals surface area contributed by atoms with Gasteiger partial charge in [0.2, 0.25) is 5.91 Å². The molecule has 4 nitrogen and oxygen atoms in total. The Bertz CT molecular complexity index is 699. The molecule has 0 saturated heterocycles. The van der Waals surface area contributed by atoms with Crippen molar-refractivity contribution in [2.75, 3.05) is 0 Å². The maximum Gasteiger partial charge on any atom is 0.255 e. The summed E-state index contributed by atoms with van der Waals surface area (Å²) in [6, 6.07) is 7.72. The summed E-state index contributed by atoms with van der Waals surface area (Å²) in [5.41, 5.74) is 1.71. The Kier molecular flexibility index (Phi) is 14.1. The molecule has 1 N–H and O–H groups in total. The maximum atomic E-state index is 14.0. The molecular formula is C29H52N2O2. The lowest BCUT2D eigenvalue weighted by molar-refractivity contribution is -0.129. The van der Waals surface area contributed by atoms with Gasteiger partial charge in [-0.3, -0.25) is 9.59 Å².